The molecule has 31 heavy (non-hydrogen) atoms. The Hall–Kier alpha value is -2.08. The molecule has 3 aliphatic rings. The number of fused-ring (bicyclic) bond motifs is 5. The summed E-state index contributed by atoms with van der Waals surface area (Å²) in [5.41, 5.74) is 3.51. The summed E-state index contributed by atoms with van der Waals surface area (Å²) in [7, 11) is 0. The maximum atomic E-state index is 13.5. The van der Waals surface area contributed by atoms with Crippen molar-refractivity contribution in [3.8, 4) is 0 Å². The van der Waals surface area contributed by atoms with Crippen LogP contribution in [0.3, 0.4) is 0 Å². The average molecular weight is 499 g/mol. The number of hydrogen-bond donors (Lipinski definition) is 2. The van der Waals surface area contributed by atoms with Gasteiger partial charge in [-0.1, -0.05) is 51.8 Å². The number of halogens is 2. The summed E-state index contributed by atoms with van der Waals surface area (Å²) < 4.78 is 0.982. The van der Waals surface area contributed by atoms with E-state index in [0.29, 0.717) is 16.5 Å². The van der Waals surface area contributed by atoms with Gasteiger partial charge in [0.25, 0.3) is 5.91 Å². The number of benzene rings is 2. The minimum absolute atomic E-state index is 0.00285. The molecule has 160 valence electrons. The Morgan fingerprint density at radius 1 is 1.13 bits per heavy atom. The number of carbonyl (C=O) groups is 1. The molecule has 0 radical (unpaired) electrons. The van der Waals surface area contributed by atoms with Crippen molar-refractivity contribution in [3.05, 3.63) is 68.8 Å². The van der Waals surface area contributed by atoms with E-state index in [1.54, 1.807) is 0 Å². The summed E-state index contributed by atoms with van der Waals surface area (Å²) >= 11 is 9.54. The zero-order chi connectivity index (χ0) is 21.4. The number of aromatic nitrogens is 1. The van der Waals surface area contributed by atoms with Gasteiger partial charge < -0.3 is 15.2 Å². The highest BCUT2D eigenvalue weighted by Crippen LogP contribution is 2.30. The number of carbonyl (C=O) groups excluding carboxylic acids is 1. The van der Waals surface area contributed by atoms with Gasteiger partial charge in [-0.2, -0.15) is 0 Å². The van der Waals surface area contributed by atoms with Gasteiger partial charge in [0.05, 0.1) is 11.3 Å². The van der Waals surface area contributed by atoms with Crippen LogP contribution in [0, 0.1) is 5.92 Å². The van der Waals surface area contributed by atoms with E-state index in [0.717, 1.165) is 46.3 Å². The fourth-order valence-electron chi connectivity index (χ4n) is 4.91. The van der Waals surface area contributed by atoms with E-state index in [1.165, 1.54) is 19.3 Å². The van der Waals surface area contributed by atoms with E-state index < -0.39 is 0 Å². The van der Waals surface area contributed by atoms with Gasteiger partial charge in [-0.15, -0.1) is 0 Å². The summed E-state index contributed by atoms with van der Waals surface area (Å²) in [6.45, 7) is 3.27. The zero-order valence-corrected chi connectivity index (χ0v) is 19.5. The summed E-state index contributed by atoms with van der Waals surface area (Å²) in [4.78, 5) is 19.5. The van der Waals surface area contributed by atoms with Gasteiger partial charge in [0.2, 0.25) is 0 Å². The lowest BCUT2D eigenvalue weighted by molar-refractivity contribution is 0.0881. The minimum atomic E-state index is 0.00285. The molecule has 3 aromatic rings. The van der Waals surface area contributed by atoms with Crippen molar-refractivity contribution in [2.75, 3.05) is 19.6 Å². The standard InChI is InChI=1S/C25H25BrClN3O/c26-18-6-9-20-22(14-18)28-21(10-5-16-3-7-19(27)8-4-16)24(20)25(31)29-23-15-30-12-1-2-17(23)11-13-30/h3-10,14,17,23,28H,1-2,11-13,15H2,(H,29,31)/b10-5+. The number of hydrogen-bond acceptors (Lipinski definition) is 2. The second kappa shape index (κ2) is 8.81. The average Bonchev–Trinajstić information content (AvgIpc) is 2.88. The minimum Gasteiger partial charge on any atom is -0.354 e. The van der Waals surface area contributed by atoms with Crippen LogP contribution in [0.1, 0.15) is 40.9 Å². The molecule has 3 unspecified atom stereocenters. The number of amides is 1. The molecule has 6 rings (SSSR count). The monoisotopic (exact) mass is 497 g/mol. The van der Waals surface area contributed by atoms with E-state index >= 15 is 0 Å². The third-order valence-corrected chi connectivity index (χ3v) is 7.28. The topological polar surface area (TPSA) is 48.1 Å². The van der Waals surface area contributed by atoms with Gasteiger partial charge in [-0.05, 0) is 74.2 Å². The number of piperidine rings is 1. The molecule has 1 amide bonds. The van der Waals surface area contributed by atoms with E-state index in [1.807, 2.05) is 54.6 Å². The number of aromatic amines is 1. The molecule has 0 aliphatic carbocycles. The molecule has 4 heterocycles. The zero-order valence-electron chi connectivity index (χ0n) is 17.2. The van der Waals surface area contributed by atoms with Crippen LogP contribution in [-0.4, -0.2) is 41.5 Å². The first kappa shape index (κ1) is 20.8. The lowest BCUT2D eigenvalue weighted by atomic mass is 9.90. The van der Waals surface area contributed by atoms with E-state index in [2.05, 4.69) is 31.1 Å². The number of nitrogens with one attached hydrogen (secondary N) is 2. The Kier molecular flexibility index (Phi) is 5.91. The van der Waals surface area contributed by atoms with Gasteiger partial charge in [0, 0.05) is 33.0 Å². The summed E-state index contributed by atoms with van der Waals surface area (Å²) in [5.74, 6) is 0.582. The molecule has 3 fully saturated rings. The van der Waals surface area contributed by atoms with Crippen LogP contribution in [0.25, 0.3) is 23.1 Å². The Bertz CT molecular complexity index is 1130. The molecular weight excluding hydrogens is 474 g/mol. The second-order valence-electron chi connectivity index (χ2n) is 8.56. The third kappa shape index (κ3) is 4.45. The molecule has 3 saturated heterocycles. The Morgan fingerprint density at radius 2 is 1.97 bits per heavy atom. The number of rotatable bonds is 4. The van der Waals surface area contributed by atoms with Crippen LogP contribution >= 0.6 is 27.5 Å². The Balaban J connectivity index is 1.48. The normalized spacial score (nSPS) is 23.4. The quantitative estimate of drug-likeness (QED) is 0.466. The van der Waals surface area contributed by atoms with Crippen LogP contribution in [0.4, 0.5) is 0 Å². The first-order valence-electron chi connectivity index (χ1n) is 10.8. The highest BCUT2D eigenvalue weighted by Gasteiger charge is 2.33. The second-order valence-corrected chi connectivity index (χ2v) is 9.91. The molecule has 2 bridgehead atoms. The highest BCUT2D eigenvalue weighted by molar-refractivity contribution is 9.10. The molecule has 0 saturated carbocycles. The first-order chi connectivity index (χ1) is 15.1. The molecule has 0 spiro atoms. The maximum absolute atomic E-state index is 13.5. The molecule has 6 heteroatoms. The van der Waals surface area contributed by atoms with Crippen LogP contribution < -0.4 is 5.32 Å². The summed E-state index contributed by atoms with van der Waals surface area (Å²) in [6, 6.07) is 13.9. The molecule has 3 atom stereocenters. The van der Waals surface area contributed by atoms with Crippen molar-refractivity contribution >= 4 is 56.5 Å². The van der Waals surface area contributed by atoms with Crippen molar-refractivity contribution in [3.63, 3.8) is 0 Å². The molecule has 2 N–H and O–H groups in total. The summed E-state index contributed by atoms with van der Waals surface area (Å²) in [6.07, 6.45) is 7.59. The molecular formula is C25H25BrClN3O. The number of H-pyrrole nitrogens is 1. The molecule has 1 aromatic heterocycles. The predicted octanol–water partition coefficient (Wildman–Crippen LogP) is 5.97. The Morgan fingerprint density at radius 3 is 2.81 bits per heavy atom. The largest absolute Gasteiger partial charge is 0.354 e. The van der Waals surface area contributed by atoms with Crippen molar-refractivity contribution in [2.24, 2.45) is 5.92 Å². The lowest BCUT2D eigenvalue weighted by Crippen LogP contribution is -2.50. The number of nitrogens with zero attached hydrogens (tertiary/aromatic N) is 1. The predicted molar refractivity (Wildman–Crippen MR) is 131 cm³/mol. The maximum Gasteiger partial charge on any atom is 0.254 e. The smallest absolute Gasteiger partial charge is 0.254 e. The van der Waals surface area contributed by atoms with Gasteiger partial charge in [0.15, 0.2) is 0 Å². The SMILES string of the molecule is O=C(NC1CN2CCCC1CC2)c1c(/C=C/c2ccc(Cl)cc2)[nH]c2cc(Br)ccc12. The van der Waals surface area contributed by atoms with Crippen molar-refractivity contribution in [1.29, 1.82) is 0 Å². The van der Waals surface area contributed by atoms with Crippen molar-refractivity contribution in [2.45, 2.75) is 25.3 Å². The van der Waals surface area contributed by atoms with E-state index in [9.17, 15) is 4.79 Å². The van der Waals surface area contributed by atoms with Crippen LogP contribution in [-0.2, 0) is 0 Å². The van der Waals surface area contributed by atoms with Gasteiger partial charge in [-0.3, -0.25) is 4.79 Å². The van der Waals surface area contributed by atoms with E-state index in [-0.39, 0.29) is 11.9 Å². The fourth-order valence-corrected chi connectivity index (χ4v) is 5.40. The van der Waals surface area contributed by atoms with Crippen molar-refractivity contribution in [1.82, 2.24) is 15.2 Å². The first-order valence-corrected chi connectivity index (χ1v) is 12.0. The highest BCUT2D eigenvalue weighted by atomic mass is 79.9. The van der Waals surface area contributed by atoms with Crippen LogP contribution in [0.5, 0.6) is 0 Å². The molecule has 3 aliphatic heterocycles. The van der Waals surface area contributed by atoms with Gasteiger partial charge in [-0.25, -0.2) is 0 Å². The van der Waals surface area contributed by atoms with Gasteiger partial charge >= 0.3 is 0 Å². The van der Waals surface area contributed by atoms with E-state index in [4.69, 9.17) is 11.6 Å². The fraction of sp³-hybridized carbons (Fsp3) is 0.320. The lowest BCUT2D eigenvalue weighted by Gasteiger charge is -2.35. The van der Waals surface area contributed by atoms with Crippen molar-refractivity contribution < 1.29 is 4.79 Å². The van der Waals surface area contributed by atoms with Gasteiger partial charge in [0.1, 0.15) is 0 Å². The van der Waals surface area contributed by atoms with Crippen LogP contribution in [0.2, 0.25) is 5.02 Å². The third-order valence-electron chi connectivity index (χ3n) is 6.53. The molecule has 4 nitrogen and oxygen atoms in total. The molecule has 2 aromatic carbocycles. The van der Waals surface area contributed by atoms with Crippen LogP contribution in [0.15, 0.2) is 46.9 Å². The summed E-state index contributed by atoms with van der Waals surface area (Å²) in [5, 5.41) is 5.03. The Labute approximate surface area is 195 Å².